The molecule has 1 aromatic heterocycles. The van der Waals surface area contributed by atoms with E-state index in [0.717, 1.165) is 29.2 Å². The molecule has 1 atom stereocenters. The number of rotatable bonds is 6. The highest BCUT2D eigenvalue weighted by molar-refractivity contribution is 5.37. The molecule has 2 rings (SSSR count). The summed E-state index contributed by atoms with van der Waals surface area (Å²) < 4.78 is 7.23. The Morgan fingerprint density at radius 2 is 2.10 bits per heavy atom. The molecule has 114 valence electrons. The van der Waals surface area contributed by atoms with Gasteiger partial charge in [-0.05, 0) is 30.0 Å². The van der Waals surface area contributed by atoms with Gasteiger partial charge in [0.2, 0.25) is 0 Å². The average Bonchev–Trinajstić information content (AvgIpc) is 2.85. The van der Waals surface area contributed by atoms with E-state index in [0.29, 0.717) is 12.3 Å². The van der Waals surface area contributed by atoms with E-state index in [1.807, 2.05) is 23.7 Å². The van der Waals surface area contributed by atoms with Gasteiger partial charge in [0, 0.05) is 19.0 Å². The SMILES string of the molecule is COc1ccc(C(N)Cc2ncnn2CC(C)C)cc1C. The van der Waals surface area contributed by atoms with Crippen molar-refractivity contribution in [2.45, 2.75) is 39.8 Å². The van der Waals surface area contributed by atoms with Gasteiger partial charge in [0.1, 0.15) is 17.9 Å². The van der Waals surface area contributed by atoms with Crippen LogP contribution in [0.1, 0.15) is 36.8 Å². The third kappa shape index (κ3) is 3.82. The maximum Gasteiger partial charge on any atom is 0.138 e. The van der Waals surface area contributed by atoms with E-state index in [9.17, 15) is 0 Å². The Kier molecular flexibility index (Phi) is 4.96. The van der Waals surface area contributed by atoms with E-state index >= 15 is 0 Å². The van der Waals surface area contributed by atoms with Crippen molar-refractivity contribution in [3.63, 3.8) is 0 Å². The largest absolute Gasteiger partial charge is 0.496 e. The zero-order chi connectivity index (χ0) is 15.4. The summed E-state index contributed by atoms with van der Waals surface area (Å²) in [6.45, 7) is 7.22. The number of nitrogens with zero attached hydrogens (tertiary/aromatic N) is 3. The first-order chi connectivity index (χ1) is 10.0. The van der Waals surface area contributed by atoms with Gasteiger partial charge in [-0.15, -0.1) is 0 Å². The Balaban J connectivity index is 2.12. The number of nitrogens with two attached hydrogens (primary N) is 1. The Labute approximate surface area is 126 Å². The van der Waals surface area contributed by atoms with Crippen LogP contribution in [0.3, 0.4) is 0 Å². The quantitative estimate of drug-likeness (QED) is 0.887. The van der Waals surface area contributed by atoms with Crippen LogP contribution in [0, 0.1) is 12.8 Å². The maximum absolute atomic E-state index is 6.32. The number of ether oxygens (including phenoxy) is 1. The van der Waals surface area contributed by atoms with E-state index < -0.39 is 0 Å². The summed E-state index contributed by atoms with van der Waals surface area (Å²) in [6.07, 6.45) is 2.28. The molecule has 0 aliphatic heterocycles. The predicted molar refractivity (Wildman–Crippen MR) is 83.2 cm³/mol. The highest BCUT2D eigenvalue weighted by Crippen LogP contribution is 2.23. The van der Waals surface area contributed by atoms with Gasteiger partial charge >= 0.3 is 0 Å². The number of hydrogen-bond acceptors (Lipinski definition) is 4. The van der Waals surface area contributed by atoms with Crippen molar-refractivity contribution in [2.75, 3.05) is 7.11 Å². The van der Waals surface area contributed by atoms with Crippen LogP contribution < -0.4 is 10.5 Å². The summed E-state index contributed by atoms with van der Waals surface area (Å²) in [6, 6.07) is 5.96. The van der Waals surface area contributed by atoms with Crippen LogP contribution in [0.4, 0.5) is 0 Å². The molecular formula is C16H24N4O. The minimum Gasteiger partial charge on any atom is -0.496 e. The number of aryl methyl sites for hydroxylation is 1. The second-order valence-electron chi connectivity index (χ2n) is 5.79. The maximum atomic E-state index is 6.32. The number of methoxy groups -OCH3 is 1. The third-order valence-electron chi connectivity index (χ3n) is 3.48. The zero-order valence-electron chi connectivity index (χ0n) is 13.2. The summed E-state index contributed by atoms with van der Waals surface area (Å²) in [5.74, 6) is 2.35. The molecule has 5 nitrogen and oxygen atoms in total. The second kappa shape index (κ2) is 6.72. The fraction of sp³-hybridized carbons (Fsp3) is 0.500. The van der Waals surface area contributed by atoms with Crippen LogP contribution in [0.5, 0.6) is 5.75 Å². The summed E-state index contributed by atoms with van der Waals surface area (Å²) in [4.78, 5) is 4.34. The van der Waals surface area contributed by atoms with E-state index in [-0.39, 0.29) is 6.04 Å². The second-order valence-corrected chi connectivity index (χ2v) is 5.79. The van der Waals surface area contributed by atoms with Crippen LogP contribution >= 0.6 is 0 Å². The Morgan fingerprint density at radius 3 is 2.71 bits per heavy atom. The standard InChI is InChI=1S/C16H24N4O/c1-11(2)9-20-16(18-10-19-20)8-14(17)13-5-6-15(21-4)12(3)7-13/h5-7,10-11,14H,8-9,17H2,1-4H3. The van der Waals surface area contributed by atoms with Gasteiger partial charge in [0.15, 0.2) is 0 Å². The molecule has 0 aliphatic carbocycles. The van der Waals surface area contributed by atoms with Crippen molar-refractivity contribution in [1.29, 1.82) is 0 Å². The Morgan fingerprint density at radius 1 is 1.33 bits per heavy atom. The lowest BCUT2D eigenvalue weighted by Gasteiger charge is -2.15. The zero-order valence-corrected chi connectivity index (χ0v) is 13.2. The molecule has 0 aliphatic rings. The minimum atomic E-state index is -0.0929. The predicted octanol–water partition coefficient (Wildman–Crippen LogP) is 2.49. The summed E-state index contributed by atoms with van der Waals surface area (Å²) in [5, 5.41) is 4.28. The molecule has 0 bridgehead atoms. The molecule has 1 unspecified atom stereocenters. The minimum absolute atomic E-state index is 0.0929. The van der Waals surface area contributed by atoms with Gasteiger partial charge in [-0.2, -0.15) is 5.10 Å². The molecule has 0 spiro atoms. The lowest BCUT2D eigenvalue weighted by molar-refractivity contribution is 0.411. The molecule has 0 amide bonds. The van der Waals surface area contributed by atoms with Gasteiger partial charge < -0.3 is 10.5 Å². The molecule has 2 aromatic rings. The van der Waals surface area contributed by atoms with Crippen LogP contribution in [0.25, 0.3) is 0 Å². The van der Waals surface area contributed by atoms with Crippen molar-refractivity contribution in [3.8, 4) is 5.75 Å². The number of aromatic nitrogens is 3. The van der Waals surface area contributed by atoms with Crippen LogP contribution in [0.15, 0.2) is 24.5 Å². The summed E-state index contributed by atoms with van der Waals surface area (Å²) >= 11 is 0. The van der Waals surface area contributed by atoms with Crippen molar-refractivity contribution < 1.29 is 4.74 Å². The van der Waals surface area contributed by atoms with Gasteiger partial charge in [0.05, 0.1) is 7.11 Å². The van der Waals surface area contributed by atoms with Crippen molar-refractivity contribution in [3.05, 3.63) is 41.5 Å². The molecular weight excluding hydrogens is 264 g/mol. The molecule has 1 aromatic carbocycles. The molecule has 0 fully saturated rings. The van der Waals surface area contributed by atoms with Crippen LogP contribution in [-0.4, -0.2) is 21.9 Å². The van der Waals surface area contributed by atoms with Crippen molar-refractivity contribution in [1.82, 2.24) is 14.8 Å². The van der Waals surface area contributed by atoms with Crippen molar-refractivity contribution >= 4 is 0 Å². The van der Waals surface area contributed by atoms with Gasteiger partial charge in [-0.3, -0.25) is 0 Å². The Bertz CT molecular complexity index is 592. The van der Waals surface area contributed by atoms with Crippen molar-refractivity contribution in [2.24, 2.45) is 11.7 Å². The summed E-state index contributed by atoms with van der Waals surface area (Å²) in [7, 11) is 1.68. The molecule has 0 radical (unpaired) electrons. The summed E-state index contributed by atoms with van der Waals surface area (Å²) in [5.41, 5.74) is 8.51. The Hall–Kier alpha value is -1.88. The van der Waals surface area contributed by atoms with E-state index in [4.69, 9.17) is 10.5 Å². The smallest absolute Gasteiger partial charge is 0.138 e. The van der Waals surface area contributed by atoms with Crippen LogP contribution in [-0.2, 0) is 13.0 Å². The number of hydrogen-bond donors (Lipinski definition) is 1. The lowest BCUT2D eigenvalue weighted by Crippen LogP contribution is -2.18. The molecule has 1 heterocycles. The average molecular weight is 288 g/mol. The molecule has 0 saturated carbocycles. The lowest BCUT2D eigenvalue weighted by atomic mass is 10.0. The van der Waals surface area contributed by atoms with E-state index in [2.05, 4.69) is 30.0 Å². The fourth-order valence-electron chi connectivity index (χ4n) is 2.39. The van der Waals surface area contributed by atoms with Gasteiger partial charge in [-0.25, -0.2) is 9.67 Å². The highest BCUT2D eigenvalue weighted by Gasteiger charge is 2.14. The molecule has 0 saturated heterocycles. The first-order valence-corrected chi connectivity index (χ1v) is 7.28. The van der Waals surface area contributed by atoms with Gasteiger partial charge in [0.25, 0.3) is 0 Å². The molecule has 5 heteroatoms. The van der Waals surface area contributed by atoms with E-state index in [1.165, 1.54) is 0 Å². The molecule has 21 heavy (non-hydrogen) atoms. The van der Waals surface area contributed by atoms with Gasteiger partial charge in [-0.1, -0.05) is 26.0 Å². The monoisotopic (exact) mass is 288 g/mol. The fourth-order valence-corrected chi connectivity index (χ4v) is 2.39. The van der Waals surface area contributed by atoms with Crippen LogP contribution in [0.2, 0.25) is 0 Å². The normalized spacial score (nSPS) is 12.7. The first-order valence-electron chi connectivity index (χ1n) is 7.28. The molecule has 2 N–H and O–H groups in total. The first kappa shape index (κ1) is 15.5. The van der Waals surface area contributed by atoms with E-state index in [1.54, 1.807) is 13.4 Å². The highest BCUT2D eigenvalue weighted by atomic mass is 16.5. The topological polar surface area (TPSA) is 66.0 Å². The third-order valence-corrected chi connectivity index (χ3v) is 3.48. The number of benzene rings is 1.